The molecule has 1 heterocycles. The van der Waals surface area contributed by atoms with Gasteiger partial charge < -0.3 is 10.5 Å². The Morgan fingerprint density at radius 2 is 1.92 bits per heavy atom. The smallest absolute Gasteiger partial charge is 0.405 e. The number of anilines is 1. The van der Waals surface area contributed by atoms with E-state index in [1.54, 1.807) is 6.92 Å². The van der Waals surface area contributed by atoms with Crippen LogP contribution in [0.15, 0.2) is 41.4 Å². The fraction of sp³-hybridized carbons (Fsp3) is 0.267. The molecular formula is C15H16F3N3O3S. The molecule has 2 N–H and O–H groups in total. The fourth-order valence-corrected chi connectivity index (χ4v) is 3.41. The molecule has 0 bridgehead atoms. The normalized spacial score (nSPS) is 12.4. The first-order valence-corrected chi connectivity index (χ1v) is 8.47. The number of pyridine rings is 1. The van der Waals surface area contributed by atoms with E-state index in [0.717, 1.165) is 10.4 Å². The number of nitrogen functional groups attached to an aromatic ring is 1. The van der Waals surface area contributed by atoms with Gasteiger partial charge in [-0.3, -0.25) is 0 Å². The zero-order valence-corrected chi connectivity index (χ0v) is 14.2. The Labute approximate surface area is 143 Å². The van der Waals surface area contributed by atoms with Crippen LogP contribution in [0.5, 0.6) is 5.75 Å². The Morgan fingerprint density at radius 3 is 2.56 bits per heavy atom. The number of aromatic nitrogens is 1. The summed E-state index contributed by atoms with van der Waals surface area (Å²) in [5.74, 6) is -0.648. The molecule has 1 aromatic heterocycles. The van der Waals surface area contributed by atoms with E-state index in [1.165, 1.54) is 37.5 Å². The molecule has 25 heavy (non-hydrogen) atoms. The summed E-state index contributed by atoms with van der Waals surface area (Å²) >= 11 is 0. The minimum atomic E-state index is -4.88. The lowest BCUT2D eigenvalue weighted by atomic mass is 10.2. The monoisotopic (exact) mass is 375 g/mol. The Hall–Kier alpha value is -2.33. The predicted molar refractivity (Wildman–Crippen MR) is 85.2 cm³/mol. The number of rotatable bonds is 5. The maximum Gasteiger partial charge on any atom is 0.573 e. The summed E-state index contributed by atoms with van der Waals surface area (Å²) in [5.41, 5.74) is 6.27. The van der Waals surface area contributed by atoms with Crippen molar-refractivity contribution < 1.29 is 26.3 Å². The van der Waals surface area contributed by atoms with Gasteiger partial charge in [-0.2, -0.15) is 4.31 Å². The van der Waals surface area contributed by atoms with Gasteiger partial charge in [0.15, 0.2) is 0 Å². The van der Waals surface area contributed by atoms with Crippen LogP contribution in [-0.4, -0.2) is 31.1 Å². The van der Waals surface area contributed by atoms with Crippen LogP contribution in [0, 0.1) is 6.92 Å². The molecule has 10 heteroatoms. The molecule has 0 aliphatic carbocycles. The third-order valence-corrected chi connectivity index (χ3v) is 5.13. The minimum absolute atomic E-state index is 0.0603. The standard InChI is InChI=1S/C15H16F3N3O3S/c1-10-7-13(14(19)20-8-10)25(22,23)21(2)9-11-5-3-4-6-12(11)24-15(16,17)18/h3-8H,9H2,1-2H3,(H2,19,20). The van der Waals surface area contributed by atoms with Crippen molar-refractivity contribution in [1.29, 1.82) is 0 Å². The summed E-state index contributed by atoms with van der Waals surface area (Å²) in [6.45, 7) is 1.32. The first-order chi connectivity index (χ1) is 11.5. The van der Waals surface area contributed by atoms with Crippen LogP contribution in [0.1, 0.15) is 11.1 Å². The van der Waals surface area contributed by atoms with Crippen molar-refractivity contribution in [1.82, 2.24) is 9.29 Å². The third-order valence-electron chi connectivity index (χ3n) is 3.30. The molecule has 0 spiro atoms. The van der Waals surface area contributed by atoms with E-state index in [1.807, 2.05) is 0 Å². The van der Waals surface area contributed by atoms with E-state index in [9.17, 15) is 21.6 Å². The average Bonchev–Trinajstić information content (AvgIpc) is 2.50. The van der Waals surface area contributed by atoms with Crippen LogP contribution in [0.3, 0.4) is 0 Å². The SMILES string of the molecule is Cc1cnc(N)c(S(=O)(=O)N(C)Cc2ccccc2OC(F)(F)F)c1. The molecule has 0 unspecified atom stereocenters. The fourth-order valence-electron chi connectivity index (χ4n) is 2.11. The number of ether oxygens (including phenoxy) is 1. The highest BCUT2D eigenvalue weighted by Crippen LogP contribution is 2.29. The van der Waals surface area contributed by atoms with Crippen molar-refractivity contribution in [3.05, 3.63) is 47.7 Å². The van der Waals surface area contributed by atoms with E-state index in [-0.39, 0.29) is 22.8 Å². The molecule has 2 aromatic rings. The first-order valence-electron chi connectivity index (χ1n) is 7.03. The second-order valence-corrected chi connectivity index (χ2v) is 7.33. The third kappa shape index (κ3) is 4.60. The quantitative estimate of drug-likeness (QED) is 0.868. The second-order valence-electron chi connectivity index (χ2n) is 5.31. The maximum atomic E-state index is 12.6. The largest absolute Gasteiger partial charge is 0.573 e. The van der Waals surface area contributed by atoms with Gasteiger partial charge in [-0.15, -0.1) is 13.2 Å². The molecule has 0 radical (unpaired) electrons. The van der Waals surface area contributed by atoms with Gasteiger partial charge in [-0.25, -0.2) is 13.4 Å². The molecule has 136 valence electrons. The Morgan fingerprint density at radius 1 is 1.28 bits per heavy atom. The summed E-state index contributed by atoms with van der Waals surface area (Å²) in [7, 11) is -2.80. The van der Waals surface area contributed by atoms with Gasteiger partial charge in [0.2, 0.25) is 10.0 Å². The summed E-state index contributed by atoms with van der Waals surface area (Å²) in [6.07, 6.45) is -3.46. The number of aryl methyl sites for hydroxylation is 1. The topological polar surface area (TPSA) is 85.5 Å². The van der Waals surface area contributed by atoms with Crippen LogP contribution in [0.4, 0.5) is 19.0 Å². The Kier molecular flexibility index (Phi) is 5.23. The van der Waals surface area contributed by atoms with Crippen molar-refractivity contribution in [3.63, 3.8) is 0 Å². The number of nitrogens with zero attached hydrogens (tertiary/aromatic N) is 2. The number of sulfonamides is 1. The number of benzene rings is 1. The molecule has 0 aliphatic heterocycles. The van der Waals surface area contributed by atoms with Crippen molar-refractivity contribution >= 4 is 15.8 Å². The highest BCUT2D eigenvalue weighted by Gasteiger charge is 2.32. The molecule has 0 fully saturated rings. The molecule has 0 atom stereocenters. The number of hydrogen-bond donors (Lipinski definition) is 1. The summed E-state index contributed by atoms with van der Waals surface area (Å²) in [6, 6.07) is 6.67. The van der Waals surface area contributed by atoms with E-state index in [4.69, 9.17) is 5.73 Å². The first kappa shape index (κ1) is 19.0. The molecule has 0 amide bonds. The van der Waals surface area contributed by atoms with Crippen LogP contribution in [0.2, 0.25) is 0 Å². The maximum absolute atomic E-state index is 12.6. The Balaban J connectivity index is 2.33. The lowest BCUT2D eigenvalue weighted by molar-refractivity contribution is -0.274. The molecule has 6 nitrogen and oxygen atoms in total. The van der Waals surface area contributed by atoms with Gasteiger partial charge in [0.1, 0.15) is 16.5 Å². The predicted octanol–water partition coefficient (Wildman–Crippen LogP) is 2.69. The van der Waals surface area contributed by atoms with Gasteiger partial charge in [0.05, 0.1) is 0 Å². The molecule has 0 saturated carbocycles. The number of nitrogens with two attached hydrogens (primary N) is 1. The minimum Gasteiger partial charge on any atom is -0.405 e. The molecule has 2 rings (SSSR count). The number of halogens is 3. The van der Waals surface area contributed by atoms with Crippen LogP contribution in [0.25, 0.3) is 0 Å². The summed E-state index contributed by atoms with van der Waals surface area (Å²) in [5, 5.41) is 0. The molecule has 1 aromatic carbocycles. The van der Waals surface area contributed by atoms with Gasteiger partial charge in [0.25, 0.3) is 0 Å². The van der Waals surface area contributed by atoms with E-state index in [2.05, 4.69) is 9.72 Å². The van der Waals surface area contributed by atoms with Gasteiger partial charge in [-0.1, -0.05) is 18.2 Å². The van der Waals surface area contributed by atoms with Crippen molar-refractivity contribution in [2.75, 3.05) is 12.8 Å². The van der Waals surface area contributed by atoms with Crippen LogP contribution < -0.4 is 10.5 Å². The van der Waals surface area contributed by atoms with Gasteiger partial charge in [0, 0.05) is 25.4 Å². The number of para-hydroxylation sites is 1. The molecular weight excluding hydrogens is 359 g/mol. The number of hydrogen-bond acceptors (Lipinski definition) is 5. The van der Waals surface area contributed by atoms with Crippen LogP contribution >= 0.6 is 0 Å². The zero-order chi connectivity index (χ0) is 18.8. The van der Waals surface area contributed by atoms with Crippen LogP contribution in [-0.2, 0) is 16.6 Å². The molecule has 0 saturated heterocycles. The van der Waals surface area contributed by atoms with Crippen molar-refractivity contribution in [3.8, 4) is 5.75 Å². The van der Waals surface area contributed by atoms with Crippen molar-refractivity contribution in [2.45, 2.75) is 24.7 Å². The molecule has 0 aliphatic rings. The van der Waals surface area contributed by atoms with E-state index < -0.39 is 22.1 Å². The lowest BCUT2D eigenvalue weighted by Crippen LogP contribution is -2.28. The summed E-state index contributed by atoms with van der Waals surface area (Å²) in [4.78, 5) is 3.59. The summed E-state index contributed by atoms with van der Waals surface area (Å²) < 4.78 is 67.6. The average molecular weight is 375 g/mol. The van der Waals surface area contributed by atoms with E-state index >= 15 is 0 Å². The lowest BCUT2D eigenvalue weighted by Gasteiger charge is -2.20. The highest BCUT2D eigenvalue weighted by atomic mass is 32.2. The second kappa shape index (κ2) is 6.89. The van der Waals surface area contributed by atoms with Gasteiger partial charge in [-0.05, 0) is 24.6 Å². The highest BCUT2D eigenvalue weighted by molar-refractivity contribution is 7.89. The zero-order valence-electron chi connectivity index (χ0n) is 13.4. The van der Waals surface area contributed by atoms with E-state index in [0.29, 0.717) is 5.56 Å². The Bertz CT molecular complexity index is 870. The number of alkyl halides is 3. The van der Waals surface area contributed by atoms with Crippen molar-refractivity contribution in [2.24, 2.45) is 0 Å². The van der Waals surface area contributed by atoms with Gasteiger partial charge >= 0.3 is 6.36 Å².